The van der Waals surface area contributed by atoms with Crippen molar-refractivity contribution in [1.29, 1.82) is 0 Å². The van der Waals surface area contributed by atoms with Crippen LogP contribution >= 0.6 is 11.6 Å². The molecule has 1 aromatic heterocycles. The fourth-order valence-electron chi connectivity index (χ4n) is 2.26. The van der Waals surface area contributed by atoms with Crippen molar-refractivity contribution in [2.45, 2.75) is 39.3 Å². The van der Waals surface area contributed by atoms with Crippen molar-refractivity contribution in [2.24, 2.45) is 0 Å². The summed E-state index contributed by atoms with van der Waals surface area (Å²) in [7, 11) is 0. The number of nitrogens with zero attached hydrogens (tertiary/aromatic N) is 2. The Kier molecular flexibility index (Phi) is 5.94. The molecule has 2 N–H and O–H groups in total. The summed E-state index contributed by atoms with van der Waals surface area (Å²) in [6.07, 6.45) is 1.68. The summed E-state index contributed by atoms with van der Waals surface area (Å²) in [6, 6.07) is 6.36. The Morgan fingerprint density at radius 1 is 1.36 bits per heavy atom. The summed E-state index contributed by atoms with van der Waals surface area (Å²) < 4.78 is 14.6. The Labute approximate surface area is 134 Å². The van der Waals surface area contributed by atoms with E-state index in [1.165, 1.54) is 12.1 Å². The van der Waals surface area contributed by atoms with Crippen LogP contribution in [-0.2, 0) is 6.54 Å². The first-order valence-corrected chi connectivity index (χ1v) is 7.75. The van der Waals surface area contributed by atoms with Crippen molar-refractivity contribution in [2.75, 3.05) is 6.61 Å². The van der Waals surface area contributed by atoms with Gasteiger partial charge in [-0.25, -0.2) is 9.07 Å². The van der Waals surface area contributed by atoms with E-state index in [0.717, 1.165) is 29.8 Å². The lowest BCUT2D eigenvalue weighted by Crippen LogP contribution is -2.25. The van der Waals surface area contributed by atoms with Crippen molar-refractivity contribution in [3.63, 3.8) is 0 Å². The van der Waals surface area contributed by atoms with Crippen LogP contribution in [0, 0.1) is 12.7 Å². The Hall–Kier alpha value is -1.43. The van der Waals surface area contributed by atoms with Gasteiger partial charge in [0.05, 0.1) is 11.4 Å². The van der Waals surface area contributed by atoms with Crippen molar-refractivity contribution >= 4 is 11.6 Å². The van der Waals surface area contributed by atoms with E-state index in [1.807, 2.05) is 6.92 Å². The van der Waals surface area contributed by atoms with Crippen LogP contribution in [0.15, 0.2) is 24.3 Å². The summed E-state index contributed by atoms with van der Waals surface area (Å²) in [5, 5.41) is 17.2. The maximum absolute atomic E-state index is 13.0. The number of aliphatic hydroxyl groups excluding tert-OH is 1. The first-order valence-electron chi connectivity index (χ1n) is 7.37. The number of rotatable bonds is 7. The van der Waals surface area contributed by atoms with E-state index in [9.17, 15) is 4.39 Å². The fourth-order valence-corrected chi connectivity index (χ4v) is 2.60. The van der Waals surface area contributed by atoms with Crippen LogP contribution in [0.4, 0.5) is 4.39 Å². The first-order chi connectivity index (χ1) is 10.5. The van der Waals surface area contributed by atoms with E-state index < -0.39 is 0 Å². The third kappa shape index (κ3) is 4.06. The molecule has 1 aromatic carbocycles. The molecule has 2 rings (SSSR count). The van der Waals surface area contributed by atoms with Crippen molar-refractivity contribution in [1.82, 2.24) is 15.1 Å². The highest BCUT2D eigenvalue weighted by molar-refractivity contribution is 6.30. The van der Waals surface area contributed by atoms with Crippen molar-refractivity contribution < 1.29 is 9.50 Å². The van der Waals surface area contributed by atoms with Gasteiger partial charge in [0.15, 0.2) is 0 Å². The van der Waals surface area contributed by atoms with Gasteiger partial charge in [-0.2, -0.15) is 5.10 Å². The maximum atomic E-state index is 13.0. The van der Waals surface area contributed by atoms with Gasteiger partial charge >= 0.3 is 0 Å². The number of hydrogen-bond donors (Lipinski definition) is 2. The molecule has 0 spiro atoms. The van der Waals surface area contributed by atoms with Crippen LogP contribution in [0.1, 0.15) is 31.0 Å². The highest BCUT2D eigenvalue weighted by Crippen LogP contribution is 2.23. The highest BCUT2D eigenvalue weighted by Gasteiger charge is 2.15. The zero-order valence-corrected chi connectivity index (χ0v) is 13.6. The molecule has 0 aliphatic rings. The summed E-state index contributed by atoms with van der Waals surface area (Å²) >= 11 is 6.42. The Morgan fingerprint density at radius 3 is 2.68 bits per heavy atom. The molecule has 1 atom stereocenters. The van der Waals surface area contributed by atoms with Gasteiger partial charge in [0.25, 0.3) is 0 Å². The second-order valence-electron chi connectivity index (χ2n) is 5.39. The molecular weight excluding hydrogens is 305 g/mol. The van der Waals surface area contributed by atoms with E-state index in [4.69, 9.17) is 16.7 Å². The second-order valence-corrected chi connectivity index (χ2v) is 5.75. The fraction of sp³-hybridized carbons (Fsp3) is 0.438. The van der Waals surface area contributed by atoms with Crippen molar-refractivity contribution in [3.05, 3.63) is 46.5 Å². The molecule has 1 heterocycles. The quantitative estimate of drug-likeness (QED) is 0.821. The Bertz CT molecular complexity index is 613. The van der Waals surface area contributed by atoms with Gasteiger partial charge in [-0.15, -0.1) is 0 Å². The summed E-state index contributed by atoms with van der Waals surface area (Å²) in [4.78, 5) is 0. The van der Waals surface area contributed by atoms with E-state index in [2.05, 4.69) is 17.3 Å². The smallest absolute Gasteiger partial charge is 0.137 e. The summed E-state index contributed by atoms with van der Waals surface area (Å²) in [5.41, 5.74) is 2.51. The minimum atomic E-state index is -0.289. The number of hydrogen-bond acceptors (Lipinski definition) is 3. The van der Waals surface area contributed by atoms with E-state index in [0.29, 0.717) is 11.7 Å². The molecule has 2 aromatic rings. The monoisotopic (exact) mass is 325 g/mol. The average Bonchev–Trinajstić information content (AvgIpc) is 2.78. The van der Waals surface area contributed by atoms with Gasteiger partial charge in [0.1, 0.15) is 11.0 Å². The lowest BCUT2D eigenvalue weighted by molar-refractivity contribution is 0.276. The number of nitrogens with one attached hydrogen (secondary N) is 1. The van der Waals surface area contributed by atoms with E-state index in [1.54, 1.807) is 16.8 Å². The summed E-state index contributed by atoms with van der Waals surface area (Å²) in [5.74, 6) is -0.289. The third-order valence-corrected chi connectivity index (χ3v) is 4.00. The van der Waals surface area contributed by atoms with Gasteiger partial charge in [0.2, 0.25) is 0 Å². The number of aromatic nitrogens is 2. The van der Waals surface area contributed by atoms with Crippen LogP contribution in [0.3, 0.4) is 0 Å². The van der Waals surface area contributed by atoms with Gasteiger partial charge in [-0.05, 0) is 51.0 Å². The van der Waals surface area contributed by atoms with Crippen molar-refractivity contribution in [3.8, 4) is 5.69 Å². The predicted octanol–water partition coefficient (Wildman–Crippen LogP) is 3.22. The number of benzene rings is 1. The van der Waals surface area contributed by atoms with Gasteiger partial charge in [0, 0.05) is 24.8 Å². The minimum absolute atomic E-state index is 0.203. The van der Waals surface area contributed by atoms with Crippen LogP contribution < -0.4 is 5.32 Å². The van der Waals surface area contributed by atoms with Gasteiger partial charge in [-0.3, -0.25) is 0 Å². The molecule has 0 saturated heterocycles. The van der Waals surface area contributed by atoms with Crippen LogP contribution in [0.25, 0.3) is 5.69 Å². The molecule has 120 valence electrons. The number of halogens is 2. The molecule has 0 saturated carbocycles. The zero-order valence-electron chi connectivity index (χ0n) is 12.8. The molecule has 4 nitrogen and oxygen atoms in total. The zero-order chi connectivity index (χ0) is 16.1. The molecule has 6 heteroatoms. The van der Waals surface area contributed by atoms with Crippen LogP contribution in [0.5, 0.6) is 0 Å². The van der Waals surface area contributed by atoms with E-state index in [-0.39, 0.29) is 18.5 Å². The second kappa shape index (κ2) is 7.72. The normalized spacial score (nSPS) is 12.6. The molecule has 0 fully saturated rings. The molecule has 0 aliphatic heterocycles. The highest BCUT2D eigenvalue weighted by atomic mass is 35.5. The largest absolute Gasteiger partial charge is 0.396 e. The first kappa shape index (κ1) is 16.9. The van der Waals surface area contributed by atoms with E-state index >= 15 is 0 Å². The topological polar surface area (TPSA) is 50.1 Å². The predicted molar refractivity (Wildman–Crippen MR) is 85.9 cm³/mol. The molecule has 1 unspecified atom stereocenters. The third-order valence-electron chi connectivity index (χ3n) is 3.62. The van der Waals surface area contributed by atoms with Gasteiger partial charge in [-0.1, -0.05) is 11.6 Å². The lowest BCUT2D eigenvalue weighted by Gasteiger charge is -2.13. The number of aryl methyl sites for hydroxylation is 1. The molecular formula is C16H21ClFN3O. The SMILES string of the molecule is Cc1nn(-c2ccc(F)cc2)c(Cl)c1CNC(C)CCCO. The molecule has 0 bridgehead atoms. The molecule has 0 amide bonds. The average molecular weight is 326 g/mol. The molecule has 0 radical (unpaired) electrons. The standard InChI is InChI=1S/C16H21ClFN3O/c1-11(4-3-9-22)19-10-15-12(2)20-21(16(15)17)14-7-5-13(18)6-8-14/h5-8,11,19,22H,3-4,9-10H2,1-2H3. The van der Waals surface area contributed by atoms with Gasteiger partial charge < -0.3 is 10.4 Å². The Balaban J connectivity index is 2.12. The molecule has 0 aliphatic carbocycles. The minimum Gasteiger partial charge on any atom is -0.396 e. The Morgan fingerprint density at radius 2 is 2.05 bits per heavy atom. The van der Waals surface area contributed by atoms with Crippen LogP contribution in [0.2, 0.25) is 5.15 Å². The lowest BCUT2D eigenvalue weighted by atomic mass is 10.1. The maximum Gasteiger partial charge on any atom is 0.137 e. The summed E-state index contributed by atoms with van der Waals surface area (Å²) in [6.45, 7) is 4.79. The molecule has 22 heavy (non-hydrogen) atoms. The number of aliphatic hydroxyl groups is 1. The van der Waals surface area contributed by atoms with Crippen LogP contribution in [-0.4, -0.2) is 27.5 Å².